The Bertz CT molecular complexity index is 384. The first-order valence-corrected chi connectivity index (χ1v) is 5.32. The van der Waals surface area contributed by atoms with Crippen molar-refractivity contribution in [2.45, 2.75) is 18.6 Å². The van der Waals surface area contributed by atoms with Crippen molar-refractivity contribution >= 4 is 10.1 Å². The quantitative estimate of drug-likeness (QED) is 0.741. The van der Waals surface area contributed by atoms with Gasteiger partial charge in [-0.3, -0.25) is 4.55 Å². The summed E-state index contributed by atoms with van der Waals surface area (Å²) in [6.45, 7) is 2.94. The Kier molecular flexibility index (Phi) is 3.81. The molecular formula is C9H15NO3S. The number of hydrogen-bond acceptors (Lipinski definition) is 3. The Morgan fingerprint density at radius 3 is 1.93 bits per heavy atom. The van der Waals surface area contributed by atoms with Crippen molar-refractivity contribution in [1.82, 2.24) is 6.15 Å². The average molecular weight is 217 g/mol. The van der Waals surface area contributed by atoms with Crippen molar-refractivity contribution in [2.75, 3.05) is 0 Å². The molecule has 0 bridgehead atoms. The van der Waals surface area contributed by atoms with Crippen LogP contribution in [-0.2, 0) is 14.9 Å². The first kappa shape index (κ1) is 13.1. The third-order valence-electron chi connectivity index (χ3n) is 2.11. The number of benzene rings is 1. The van der Waals surface area contributed by atoms with E-state index >= 15 is 0 Å². The van der Waals surface area contributed by atoms with E-state index in [2.05, 4.69) is 0 Å². The van der Waals surface area contributed by atoms with Gasteiger partial charge in [0.2, 0.25) is 0 Å². The fourth-order valence-corrected chi connectivity index (χ4v) is 1.42. The van der Waals surface area contributed by atoms with Gasteiger partial charge in [0, 0.05) is 0 Å². The lowest BCUT2D eigenvalue weighted by molar-refractivity contribution is 0.445. The molecule has 1 aromatic rings. The van der Waals surface area contributed by atoms with Crippen LogP contribution >= 0.6 is 0 Å². The molecule has 4 N–H and O–H groups in total. The molecule has 0 unspecified atom stereocenters. The van der Waals surface area contributed by atoms with Crippen molar-refractivity contribution in [2.24, 2.45) is 0 Å². The molecule has 4 nitrogen and oxygen atoms in total. The van der Waals surface area contributed by atoms with E-state index in [-0.39, 0.29) is 6.15 Å². The van der Waals surface area contributed by atoms with E-state index in [1.165, 1.54) is 13.8 Å². The summed E-state index contributed by atoms with van der Waals surface area (Å²) in [6.07, 6.45) is 0. The smallest absolute Gasteiger partial charge is 0.274 e. The highest BCUT2D eigenvalue weighted by molar-refractivity contribution is 7.86. The standard InChI is InChI=1S/C9H12O3S.H3N/c1-9(2,13(10,11)12)8-6-4-3-5-7-8;/h3-7H,1-2H3,(H,10,11,12);1H3. The zero-order valence-corrected chi connectivity index (χ0v) is 9.08. The largest absolute Gasteiger partial charge is 0.344 e. The molecule has 80 valence electrons. The van der Waals surface area contributed by atoms with Crippen LogP contribution in [0.25, 0.3) is 0 Å². The predicted octanol–water partition coefficient (Wildman–Crippen LogP) is 1.97. The maximum absolute atomic E-state index is 11.0. The lowest BCUT2D eigenvalue weighted by Crippen LogP contribution is -2.28. The molecule has 14 heavy (non-hydrogen) atoms. The topological polar surface area (TPSA) is 89.4 Å². The highest BCUT2D eigenvalue weighted by Gasteiger charge is 2.34. The average Bonchev–Trinajstić information content (AvgIpc) is 2.04. The van der Waals surface area contributed by atoms with Gasteiger partial charge < -0.3 is 6.15 Å². The molecule has 0 aliphatic carbocycles. The van der Waals surface area contributed by atoms with Crippen LogP contribution in [0.1, 0.15) is 19.4 Å². The Balaban J connectivity index is 0.00000169. The van der Waals surface area contributed by atoms with E-state index in [0.717, 1.165) is 0 Å². The molecule has 5 heteroatoms. The van der Waals surface area contributed by atoms with Gasteiger partial charge in [-0.05, 0) is 19.4 Å². The van der Waals surface area contributed by atoms with E-state index in [1.54, 1.807) is 30.3 Å². The Morgan fingerprint density at radius 2 is 1.57 bits per heavy atom. The lowest BCUT2D eigenvalue weighted by atomic mass is 10.0. The summed E-state index contributed by atoms with van der Waals surface area (Å²) in [4.78, 5) is 0. The van der Waals surface area contributed by atoms with Gasteiger partial charge in [0.1, 0.15) is 4.75 Å². The summed E-state index contributed by atoms with van der Waals surface area (Å²) in [5.74, 6) is 0. The van der Waals surface area contributed by atoms with Crippen molar-refractivity contribution in [1.29, 1.82) is 0 Å². The van der Waals surface area contributed by atoms with Gasteiger partial charge in [0.25, 0.3) is 10.1 Å². The monoisotopic (exact) mass is 217 g/mol. The van der Waals surface area contributed by atoms with Gasteiger partial charge in [-0.25, -0.2) is 0 Å². The van der Waals surface area contributed by atoms with Gasteiger partial charge in [-0.15, -0.1) is 0 Å². The summed E-state index contributed by atoms with van der Waals surface area (Å²) < 4.78 is 29.7. The highest BCUT2D eigenvalue weighted by Crippen LogP contribution is 2.27. The number of rotatable bonds is 2. The molecule has 0 aliphatic heterocycles. The van der Waals surface area contributed by atoms with Crippen LogP contribution in [0.2, 0.25) is 0 Å². The molecule has 0 heterocycles. The molecule has 0 spiro atoms. The molecule has 0 saturated carbocycles. The Morgan fingerprint density at radius 1 is 1.14 bits per heavy atom. The predicted molar refractivity (Wildman–Crippen MR) is 56.0 cm³/mol. The molecule has 1 rings (SSSR count). The highest BCUT2D eigenvalue weighted by atomic mass is 32.2. The van der Waals surface area contributed by atoms with Crippen LogP contribution in [0, 0.1) is 0 Å². The molecule has 0 aliphatic rings. The van der Waals surface area contributed by atoms with Gasteiger partial charge in [-0.1, -0.05) is 30.3 Å². The van der Waals surface area contributed by atoms with Crippen LogP contribution in [-0.4, -0.2) is 13.0 Å². The number of hydrogen-bond donors (Lipinski definition) is 2. The zero-order chi connectivity index (χ0) is 10.1. The molecule has 0 radical (unpaired) electrons. The van der Waals surface area contributed by atoms with E-state index in [9.17, 15) is 8.42 Å². The minimum absolute atomic E-state index is 0. The lowest BCUT2D eigenvalue weighted by Gasteiger charge is -2.20. The second kappa shape index (κ2) is 4.08. The minimum atomic E-state index is -4.06. The van der Waals surface area contributed by atoms with Crippen LogP contribution in [0.15, 0.2) is 30.3 Å². The summed E-state index contributed by atoms with van der Waals surface area (Å²) >= 11 is 0. The van der Waals surface area contributed by atoms with Crippen LogP contribution < -0.4 is 6.15 Å². The fraction of sp³-hybridized carbons (Fsp3) is 0.333. The van der Waals surface area contributed by atoms with E-state index in [4.69, 9.17) is 4.55 Å². The van der Waals surface area contributed by atoms with Crippen LogP contribution in [0.5, 0.6) is 0 Å². The zero-order valence-electron chi connectivity index (χ0n) is 8.27. The van der Waals surface area contributed by atoms with E-state index in [1.807, 2.05) is 0 Å². The maximum Gasteiger partial charge on any atom is 0.274 e. The van der Waals surface area contributed by atoms with Crippen LogP contribution in [0.3, 0.4) is 0 Å². The molecular weight excluding hydrogens is 202 g/mol. The van der Waals surface area contributed by atoms with E-state index in [0.29, 0.717) is 5.56 Å². The second-order valence-corrected chi connectivity index (χ2v) is 5.32. The molecule has 0 amide bonds. The van der Waals surface area contributed by atoms with Crippen LogP contribution in [0.4, 0.5) is 0 Å². The fourth-order valence-electron chi connectivity index (χ4n) is 0.988. The summed E-state index contributed by atoms with van der Waals surface area (Å²) in [5, 5.41) is 0. The summed E-state index contributed by atoms with van der Waals surface area (Å²) in [7, 11) is -4.06. The van der Waals surface area contributed by atoms with E-state index < -0.39 is 14.9 Å². The molecule has 0 aromatic heterocycles. The van der Waals surface area contributed by atoms with Gasteiger partial charge >= 0.3 is 0 Å². The third kappa shape index (κ3) is 2.31. The molecule has 1 aromatic carbocycles. The Hall–Kier alpha value is -0.910. The first-order valence-electron chi connectivity index (χ1n) is 3.88. The third-order valence-corrected chi connectivity index (χ3v) is 3.64. The van der Waals surface area contributed by atoms with Gasteiger partial charge in [0.15, 0.2) is 0 Å². The normalized spacial score (nSPS) is 11.9. The minimum Gasteiger partial charge on any atom is -0.344 e. The summed E-state index contributed by atoms with van der Waals surface area (Å²) in [6, 6.07) is 8.62. The first-order chi connectivity index (χ1) is 5.86. The van der Waals surface area contributed by atoms with Gasteiger partial charge in [-0.2, -0.15) is 8.42 Å². The molecule has 0 saturated heterocycles. The van der Waals surface area contributed by atoms with Crippen molar-refractivity contribution in [3.63, 3.8) is 0 Å². The molecule has 0 atom stereocenters. The Labute approximate surface area is 84.3 Å². The van der Waals surface area contributed by atoms with Crippen molar-refractivity contribution in [3.8, 4) is 0 Å². The van der Waals surface area contributed by atoms with Crippen molar-refractivity contribution < 1.29 is 13.0 Å². The van der Waals surface area contributed by atoms with Crippen molar-refractivity contribution in [3.05, 3.63) is 35.9 Å². The second-order valence-electron chi connectivity index (χ2n) is 3.35. The summed E-state index contributed by atoms with van der Waals surface area (Å²) in [5.41, 5.74) is 0.581. The SMILES string of the molecule is CC(C)(c1ccccc1)S(=O)(=O)O.N. The van der Waals surface area contributed by atoms with Gasteiger partial charge in [0.05, 0.1) is 0 Å². The maximum atomic E-state index is 11.0. The molecule has 0 fully saturated rings.